The van der Waals surface area contributed by atoms with Crippen LogP contribution in [0.4, 0.5) is 22.7 Å². The van der Waals surface area contributed by atoms with E-state index in [0.29, 0.717) is 61.0 Å². The fraction of sp³-hybridized carbons (Fsp3) is 0.250. The molecule has 0 amide bonds. The molecule has 4 unspecified atom stereocenters. The number of benzene rings is 4. The van der Waals surface area contributed by atoms with Crippen LogP contribution in [0.3, 0.4) is 0 Å². The lowest BCUT2D eigenvalue weighted by molar-refractivity contribution is -0.997. The van der Waals surface area contributed by atoms with Crippen molar-refractivity contribution in [3.05, 3.63) is 133 Å². The molecule has 2 saturated heterocycles. The second-order valence-corrected chi connectivity index (χ2v) is 13.6. The molecule has 0 spiro atoms. The number of aliphatic imine (C=N–C) groups is 2. The molecule has 0 saturated carbocycles. The summed E-state index contributed by atoms with van der Waals surface area (Å²) in [6.45, 7) is 0.783. The van der Waals surface area contributed by atoms with Gasteiger partial charge in [0.25, 0.3) is 0 Å². The summed E-state index contributed by atoms with van der Waals surface area (Å²) < 4.78 is -0.533. The molecule has 4 aromatic carbocycles. The summed E-state index contributed by atoms with van der Waals surface area (Å²) in [4.78, 5) is 53.4. The van der Waals surface area contributed by atoms with Crippen LogP contribution < -0.4 is 9.80 Å². The average Bonchev–Trinajstić information content (AvgIpc) is 3.57. The van der Waals surface area contributed by atoms with E-state index in [1.165, 1.54) is 0 Å². The predicted molar refractivity (Wildman–Crippen MR) is 207 cm³/mol. The summed E-state index contributed by atoms with van der Waals surface area (Å²) in [6, 6.07) is 38.4. The number of quaternary nitrogens is 2. The minimum Gasteiger partial charge on any atom is -0.268 e. The molecular weight excluding hydrogens is 699 g/mol. The van der Waals surface area contributed by atoms with E-state index < -0.39 is 11.9 Å². The summed E-state index contributed by atoms with van der Waals surface area (Å²) in [5.74, 6) is 0.389. The van der Waals surface area contributed by atoms with Crippen LogP contribution in [0.1, 0.15) is 12.8 Å². The molecule has 0 bridgehead atoms. The monoisotopic (exact) mass is 740 g/mol. The summed E-state index contributed by atoms with van der Waals surface area (Å²) in [5, 5.41) is 0. The van der Waals surface area contributed by atoms with Crippen LogP contribution in [0, 0.1) is 0 Å². The summed E-state index contributed by atoms with van der Waals surface area (Å²) >= 11 is 12.5. The lowest BCUT2D eigenvalue weighted by atomic mass is 10.2. The molecule has 268 valence electrons. The Kier molecular flexibility index (Phi) is 11.7. The Balaban J connectivity index is 1.26. The number of carbonyl (C=O) groups is 2. The van der Waals surface area contributed by atoms with Crippen molar-refractivity contribution in [3.8, 4) is 0 Å². The zero-order chi connectivity index (χ0) is 36.6. The average molecular weight is 742 g/mol. The van der Waals surface area contributed by atoms with Crippen molar-refractivity contribution in [1.82, 2.24) is 0 Å². The van der Waals surface area contributed by atoms with Gasteiger partial charge < -0.3 is 0 Å². The number of nitrogens with zero attached hydrogens (tertiary/aromatic N) is 6. The topological polar surface area (TPSA) is 83.8 Å². The number of guanidine groups is 2. The largest absolute Gasteiger partial charge is 0.391 e. The highest BCUT2D eigenvalue weighted by Gasteiger charge is 2.53. The first kappa shape index (κ1) is 36.8. The molecule has 0 radical (unpaired) electrons. The third kappa shape index (κ3) is 8.37. The molecule has 4 atom stereocenters. The number of anilines is 2. The van der Waals surface area contributed by atoms with Crippen molar-refractivity contribution in [2.75, 3.05) is 48.7 Å². The molecule has 2 fully saturated rings. The molecule has 52 heavy (non-hydrogen) atoms. The highest BCUT2D eigenvalue weighted by molar-refractivity contribution is 6.18. The zero-order valence-corrected chi connectivity index (χ0v) is 30.7. The molecular formula is C40H42Cl2N6O4+2. The van der Waals surface area contributed by atoms with Crippen LogP contribution in [0.5, 0.6) is 0 Å². The van der Waals surface area contributed by atoms with E-state index in [2.05, 4.69) is 9.80 Å². The molecule has 6 rings (SSSR count). The minimum atomic E-state index is -0.729. The van der Waals surface area contributed by atoms with E-state index in [9.17, 15) is 9.59 Å². The smallest absolute Gasteiger partial charge is 0.268 e. The predicted octanol–water partition coefficient (Wildman–Crippen LogP) is 7.76. The lowest BCUT2D eigenvalue weighted by Crippen LogP contribution is -2.50. The van der Waals surface area contributed by atoms with E-state index in [4.69, 9.17) is 42.9 Å². The van der Waals surface area contributed by atoms with Crippen molar-refractivity contribution in [3.63, 3.8) is 0 Å². The Morgan fingerprint density at radius 3 is 1.27 bits per heavy atom. The highest BCUT2D eigenvalue weighted by atomic mass is 35.5. The third-order valence-electron chi connectivity index (χ3n) is 8.99. The van der Waals surface area contributed by atoms with Crippen LogP contribution in [-0.4, -0.2) is 84.2 Å². The van der Waals surface area contributed by atoms with Gasteiger partial charge in [-0.25, -0.2) is 9.59 Å². The zero-order valence-electron chi connectivity index (χ0n) is 29.2. The number of halogens is 2. The number of rotatable bonds is 12. The van der Waals surface area contributed by atoms with E-state index in [1.807, 2.05) is 121 Å². The standard InChI is InChI=1S/C40H42Cl2N6O4/c1-47(29-35(25-27-41)45(33-19-11-5-12-20-33)39(47)43-31-15-7-3-8-16-31)51-37(49)23-24-38(50)52-48(2)30-36(26-28-42)46(34-21-13-6-14-22-34)40(48)44-32-17-9-4-10-18-32/h3-24,35-36H,25-30H2,1-2H3/q+2/b24-23+,43-39?,44-40?. The quantitative estimate of drug-likeness (QED) is 0.0839. The van der Waals surface area contributed by atoms with Crippen LogP contribution >= 0.6 is 23.2 Å². The fourth-order valence-electron chi connectivity index (χ4n) is 6.74. The van der Waals surface area contributed by atoms with Gasteiger partial charge in [-0.2, -0.15) is 9.98 Å². The Morgan fingerprint density at radius 2 is 0.942 bits per heavy atom. The molecule has 0 aromatic heterocycles. The molecule has 2 aliphatic rings. The van der Waals surface area contributed by atoms with Gasteiger partial charge in [0, 0.05) is 35.3 Å². The van der Waals surface area contributed by atoms with E-state index in [0.717, 1.165) is 23.5 Å². The number of likely N-dealkylation sites (N-methyl/N-ethyl adjacent to an activating group) is 2. The number of para-hydroxylation sites is 4. The molecule has 12 heteroatoms. The van der Waals surface area contributed by atoms with Crippen molar-refractivity contribution < 1.29 is 28.6 Å². The Morgan fingerprint density at radius 1 is 0.615 bits per heavy atom. The summed E-state index contributed by atoms with van der Waals surface area (Å²) in [5.41, 5.74) is 3.21. The minimum absolute atomic E-state index is 0.107. The van der Waals surface area contributed by atoms with Gasteiger partial charge in [-0.05, 0) is 61.4 Å². The van der Waals surface area contributed by atoms with Crippen molar-refractivity contribution in [1.29, 1.82) is 0 Å². The summed E-state index contributed by atoms with van der Waals surface area (Å²) in [7, 11) is 3.57. The number of alkyl halides is 2. The van der Waals surface area contributed by atoms with Gasteiger partial charge in [0.1, 0.15) is 27.2 Å². The number of hydroxylamine groups is 6. The molecule has 2 aliphatic heterocycles. The maximum Gasteiger partial charge on any atom is 0.391 e. The van der Waals surface area contributed by atoms with E-state index in [1.54, 1.807) is 14.1 Å². The highest BCUT2D eigenvalue weighted by Crippen LogP contribution is 2.35. The first-order valence-corrected chi connectivity index (χ1v) is 18.3. The van der Waals surface area contributed by atoms with Gasteiger partial charge in [-0.1, -0.05) is 82.1 Å². The van der Waals surface area contributed by atoms with Crippen molar-refractivity contribution >= 4 is 69.8 Å². The maximum absolute atomic E-state index is 13.5. The maximum atomic E-state index is 13.5. The first-order chi connectivity index (χ1) is 25.2. The van der Waals surface area contributed by atoms with Gasteiger partial charge in [-0.3, -0.25) is 19.5 Å². The van der Waals surface area contributed by atoms with E-state index >= 15 is 0 Å². The second-order valence-electron chi connectivity index (χ2n) is 12.9. The van der Waals surface area contributed by atoms with E-state index in [-0.39, 0.29) is 21.4 Å². The van der Waals surface area contributed by atoms with Gasteiger partial charge >= 0.3 is 23.9 Å². The molecule has 0 aliphatic carbocycles. The SMILES string of the molecule is C[N+]1(OC(=O)/C=C/C(=O)O[N+]2(C)CC(CCCl)N(c3ccccc3)C2=Nc2ccccc2)CC(CCCl)N(c2ccccc2)C1=Nc1ccccc1. The Bertz CT molecular complexity index is 1780. The number of hydrogen-bond donors (Lipinski definition) is 0. The summed E-state index contributed by atoms with van der Waals surface area (Å²) in [6.07, 6.45) is 3.45. The Labute approximate surface area is 314 Å². The fourth-order valence-corrected chi connectivity index (χ4v) is 7.25. The van der Waals surface area contributed by atoms with Crippen molar-refractivity contribution in [2.45, 2.75) is 24.9 Å². The first-order valence-electron chi connectivity index (χ1n) is 17.2. The van der Waals surface area contributed by atoms with Gasteiger partial charge in [-0.15, -0.1) is 23.2 Å². The normalized spacial score (nSPS) is 24.5. The van der Waals surface area contributed by atoms with Gasteiger partial charge in [0.15, 0.2) is 0 Å². The van der Waals surface area contributed by atoms with Gasteiger partial charge in [0.2, 0.25) is 0 Å². The second kappa shape index (κ2) is 16.6. The van der Waals surface area contributed by atoms with Crippen LogP contribution in [0.2, 0.25) is 0 Å². The lowest BCUT2D eigenvalue weighted by Gasteiger charge is -2.26. The number of carbonyl (C=O) groups excluding carboxylic acids is 2. The van der Waals surface area contributed by atoms with Crippen LogP contribution in [0.25, 0.3) is 0 Å². The third-order valence-corrected chi connectivity index (χ3v) is 9.42. The van der Waals surface area contributed by atoms with Crippen LogP contribution in [0.15, 0.2) is 143 Å². The molecule has 0 N–H and O–H groups in total. The van der Waals surface area contributed by atoms with Crippen molar-refractivity contribution in [2.24, 2.45) is 9.98 Å². The molecule has 4 aromatic rings. The Hall–Kier alpha value is -5.00. The van der Waals surface area contributed by atoms with Crippen LogP contribution in [-0.2, 0) is 19.3 Å². The molecule has 2 heterocycles. The van der Waals surface area contributed by atoms with Gasteiger partial charge in [0.05, 0.1) is 23.5 Å². The molecule has 10 nitrogen and oxygen atoms in total. The number of hydrogen-bond acceptors (Lipinski definition) is 6.